The van der Waals surface area contributed by atoms with E-state index < -0.39 is 0 Å². The highest BCUT2D eigenvalue weighted by atomic mass is 32.2. The molecule has 2 aromatic rings. The van der Waals surface area contributed by atoms with Gasteiger partial charge in [0.05, 0.1) is 11.4 Å². The van der Waals surface area contributed by atoms with Crippen LogP contribution < -0.4 is 15.6 Å². The van der Waals surface area contributed by atoms with Gasteiger partial charge in [0, 0.05) is 17.8 Å². The minimum Gasteiger partial charge on any atom is -0.325 e. The molecular weight excluding hydrogens is 446 g/mol. The molecule has 2 aliphatic heterocycles. The Morgan fingerprint density at radius 1 is 1.25 bits per heavy atom. The fourth-order valence-corrected chi connectivity index (χ4v) is 5.13. The number of rotatable bonds is 7. The van der Waals surface area contributed by atoms with Gasteiger partial charge in [-0.2, -0.15) is 5.10 Å². The molecule has 0 bridgehead atoms. The number of carbonyl (C=O) groups is 3. The van der Waals surface area contributed by atoms with Gasteiger partial charge in [0.15, 0.2) is 11.0 Å². The fraction of sp³-hybridized carbons (Fsp3) is 0.364. The van der Waals surface area contributed by atoms with E-state index in [-0.39, 0.29) is 29.6 Å². The predicted octanol–water partition coefficient (Wildman–Crippen LogP) is 3.79. The van der Waals surface area contributed by atoms with Gasteiger partial charge in [0.1, 0.15) is 4.88 Å². The molecule has 32 heavy (non-hydrogen) atoms. The molecule has 10 heteroatoms. The molecule has 2 amide bonds. The first-order valence-corrected chi connectivity index (χ1v) is 12.3. The molecular formula is C22H25N5O3S2. The van der Waals surface area contributed by atoms with Crippen molar-refractivity contribution < 1.29 is 14.4 Å². The molecule has 0 saturated carbocycles. The van der Waals surface area contributed by atoms with E-state index in [0.717, 1.165) is 12.1 Å². The summed E-state index contributed by atoms with van der Waals surface area (Å²) in [7, 11) is 0. The Bertz CT molecular complexity index is 1060. The highest BCUT2D eigenvalue weighted by molar-refractivity contribution is 8.14. The summed E-state index contributed by atoms with van der Waals surface area (Å²) in [4.78, 5) is 41.4. The Hall–Kier alpha value is -2.85. The number of hydrazone groups is 1. The molecule has 0 radical (unpaired) electrons. The summed E-state index contributed by atoms with van der Waals surface area (Å²) in [6.07, 6.45) is 0.513. The van der Waals surface area contributed by atoms with E-state index in [9.17, 15) is 14.4 Å². The second-order valence-electron chi connectivity index (χ2n) is 8.05. The van der Waals surface area contributed by atoms with Crippen LogP contribution in [0.3, 0.4) is 0 Å². The van der Waals surface area contributed by atoms with Crippen molar-refractivity contribution in [2.45, 2.75) is 33.5 Å². The fourth-order valence-electron chi connectivity index (χ4n) is 3.51. The lowest BCUT2D eigenvalue weighted by Crippen LogP contribution is -2.58. The summed E-state index contributed by atoms with van der Waals surface area (Å²) >= 11 is 2.74. The third-order valence-corrected chi connectivity index (χ3v) is 7.08. The number of benzene rings is 1. The Kier molecular flexibility index (Phi) is 6.52. The van der Waals surface area contributed by atoms with Crippen molar-refractivity contribution in [1.82, 2.24) is 10.3 Å². The van der Waals surface area contributed by atoms with Gasteiger partial charge in [0.2, 0.25) is 12.2 Å². The third-order valence-electron chi connectivity index (χ3n) is 5.24. The zero-order valence-electron chi connectivity index (χ0n) is 18.1. The molecule has 0 saturated heterocycles. The molecule has 1 aromatic carbocycles. The topological polar surface area (TPSA) is 94.1 Å². The summed E-state index contributed by atoms with van der Waals surface area (Å²) < 4.78 is 0. The number of anilines is 2. The quantitative estimate of drug-likeness (QED) is 0.597. The molecule has 1 atom stereocenters. The molecule has 2 N–H and O–H groups in total. The van der Waals surface area contributed by atoms with Gasteiger partial charge in [-0.25, -0.2) is 0 Å². The lowest BCUT2D eigenvalue weighted by molar-refractivity contribution is -0.113. The number of amides is 2. The summed E-state index contributed by atoms with van der Waals surface area (Å²) in [6, 6.07) is 8.73. The van der Waals surface area contributed by atoms with Crippen LogP contribution in [0.5, 0.6) is 0 Å². The number of nitrogens with zero attached hydrogens (tertiary/aromatic N) is 3. The molecule has 0 aliphatic carbocycles. The maximum atomic E-state index is 13.0. The van der Waals surface area contributed by atoms with Crippen LogP contribution in [-0.4, -0.2) is 46.3 Å². The average molecular weight is 472 g/mol. The Morgan fingerprint density at radius 2 is 2.00 bits per heavy atom. The van der Waals surface area contributed by atoms with Gasteiger partial charge in [-0.15, -0.1) is 11.3 Å². The maximum absolute atomic E-state index is 13.0. The summed E-state index contributed by atoms with van der Waals surface area (Å²) in [5, 5.41) is 9.83. The Balaban J connectivity index is 1.42. The first kappa shape index (κ1) is 22.3. The van der Waals surface area contributed by atoms with E-state index in [1.165, 1.54) is 30.0 Å². The van der Waals surface area contributed by atoms with Gasteiger partial charge in [0.25, 0.3) is 5.91 Å². The van der Waals surface area contributed by atoms with Crippen LogP contribution in [-0.2, 0) is 4.79 Å². The van der Waals surface area contributed by atoms with E-state index >= 15 is 0 Å². The number of hydrogen-bond acceptors (Lipinski definition) is 8. The van der Waals surface area contributed by atoms with Crippen molar-refractivity contribution in [1.29, 1.82) is 0 Å². The first-order valence-electron chi connectivity index (χ1n) is 10.4. The monoisotopic (exact) mass is 471 g/mol. The number of nitrogens with one attached hydrogen (secondary N) is 2. The van der Waals surface area contributed by atoms with Gasteiger partial charge in [-0.3, -0.25) is 29.6 Å². The average Bonchev–Trinajstić information content (AvgIpc) is 3.39. The standard InChI is InChI=1S/C22H25N5O3S2/c1-13(2)8-10-26-20(30)19-17(9-11-31-19)27-21(26)24-25-22(27)32-12-18(29)23-16-6-4-15(5-7-16)14(3)28/h4-7,9,11,13,21,24H,8,10,12H2,1-3H3,(H,23,29). The minimum absolute atomic E-state index is 0.0117. The van der Waals surface area contributed by atoms with Crippen LogP contribution in [0.15, 0.2) is 40.8 Å². The molecule has 4 rings (SSSR count). The number of amidine groups is 1. The van der Waals surface area contributed by atoms with E-state index in [4.69, 9.17) is 0 Å². The second-order valence-corrected chi connectivity index (χ2v) is 9.91. The van der Waals surface area contributed by atoms with Crippen LogP contribution in [0, 0.1) is 5.92 Å². The van der Waals surface area contributed by atoms with Gasteiger partial charge in [-0.05, 0) is 55.0 Å². The third kappa shape index (κ3) is 4.51. The Morgan fingerprint density at radius 3 is 2.69 bits per heavy atom. The van der Waals surface area contributed by atoms with Crippen molar-refractivity contribution >= 4 is 57.2 Å². The number of ketones is 1. The van der Waals surface area contributed by atoms with Crippen molar-refractivity contribution in [3.63, 3.8) is 0 Å². The van der Waals surface area contributed by atoms with E-state index in [1.54, 1.807) is 24.3 Å². The normalized spacial score (nSPS) is 17.1. The minimum atomic E-state index is -0.381. The smallest absolute Gasteiger partial charge is 0.269 e. The summed E-state index contributed by atoms with van der Waals surface area (Å²) in [5.41, 5.74) is 5.13. The van der Waals surface area contributed by atoms with E-state index in [1.807, 2.05) is 21.2 Å². The van der Waals surface area contributed by atoms with E-state index in [0.29, 0.717) is 33.8 Å². The van der Waals surface area contributed by atoms with Crippen molar-refractivity contribution in [3.05, 3.63) is 46.2 Å². The second kappa shape index (κ2) is 9.33. The molecule has 8 nitrogen and oxygen atoms in total. The number of thioether (sulfide) groups is 1. The van der Waals surface area contributed by atoms with Gasteiger partial charge >= 0.3 is 0 Å². The number of carbonyl (C=O) groups excluding carboxylic acids is 3. The molecule has 168 valence electrons. The summed E-state index contributed by atoms with van der Waals surface area (Å²) in [5.74, 6) is 0.461. The van der Waals surface area contributed by atoms with Crippen LogP contribution in [0.4, 0.5) is 11.4 Å². The lowest BCUT2D eigenvalue weighted by Gasteiger charge is -2.39. The lowest BCUT2D eigenvalue weighted by atomic mass is 10.1. The van der Waals surface area contributed by atoms with Gasteiger partial charge in [-0.1, -0.05) is 25.6 Å². The Labute approximate surface area is 195 Å². The predicted molar refractivity (Wildman–Crippen MR) is 129 cm³/mol. The zero-order valence-corrected chi connectivity index (χ0v) is 19.8. The highest BCUT2D eigenvalue weighted by Crippen LogP contribution is 2.38. The molecule has 1 unspecified atom stereocenters. The molecule has 2 aliphatic rings. The van der Waals surface area contributed by atoms with Gasteiger partial charge < -0.3 is 5.32 Å². The maximum Gasteiger partial charge on any atom is 0.269 e. The number of thiophene rings is 1. The number of hydrogen-bond donors (Lipinski definition) is 2. The SMILES string of the molecule is CC(=O)c1ccc(NC(=O)CSC2=NNC3N(CCC(C)C)C(=O)c4sccc4N23)cc1. The van der Waals surface area contributed by atoms with Crippen molar-refractivity contribution in [2.75, 3.05) is 22.5 Å². The number of fused-ring (bicyclic) bond motifs is 3. The van der Waals surface area contributed by atoms with Crippen molar-refractivity contribution in [3.8, 4) is 0 Å². The van der Waals surface area contributed by atoms with Crippen molar-refractivity contribution in [2.24, 2.45) is 11.0 Å². The first-order chi connectivity index (χ1) is 15.3. The molecule has 1 aromatic heterocycles. The molecule has 3 heterocycles. The van der Waals surface area contributed by atoms with E-state index in [2.05, 4.69) is 29.7 Å². The molecule has 0 spiro atoms. The highest BCUT2D eigenvalue weighted by Gasteiger charge is 2.43. The van der Waals surface area contributed by atoms with Crippen LogP contribution in [0.1, 0.15) is 47.2 Å². The summed E-state index contributed by atoms with van der Waals surface area (Å²) in [6.45, 7) is 6.40. The van der Waals surface area contributed by atoms with Crippen LogP contribution in [0.2, 0.25) is 0 Å². The molecule has 0 fully saturated rings. The zero-order chi connectivity index (χ0) is 22.8. The largest absolute Gasteiger partial charge is 0.325 e. The van der Waals surface area contributed by atoms with Crippen LogP contribution in [0.25, 0.3) is 0 Å². The van der Waals surface area contributed by atoms with Crippen LogP contribution >= 0.6 is 23.1 Å². The number of Topliss-reactive ketones (excluding diaryl/α,β-unsaturated/α-hetero) is 1.